The zero-order valence-electron chi connectivity index (χ0n) is 19.9. The minimum absolute atomic E-state index is 0.0144. The monoisotopic (exact) mass is 436 g/mol. The van der Waals surface area contributed by atoms with Gasteiger partial charge in [-0.15, -0.1) is 5.53 Å². The highest BCUT2D eigenvalue weighted by Gasteiger charge is 2.24. The summed E-state index contributed by atoms with van der Waals surface area (Å²) in [7, 11) is 0. The second-order valence-electron chi connectivity index (χ2n) is 10.2. The minimum atomic E-state index is -0.246. The maximum Gasteiger partial charge on any atom is 0.227 e. The molecule has 0 saturated carbocycles. The van der Waals surface area contributed by atoms with Crippen molar-refractivity contribution >= 4 is 23.1 Å². The topological polar surface area (TPSA) is 81.3 Å². The standard InChI is InChI=1S/C25H36N6O/c1-16-10-12-31(13-11-16)23-19(7-9-22(27-23)25(3,4)5)15-26-24(32)17(2)18-6-8-20-21(14-18)29-30-28-20/h6-9,14,16-17,28-30H,10-13,15H2,1-5H3,(H,26,32). The molecule has 0 aliphatic carbocycles. The summed E-state index contributed by atoms with van der Waals surface area (Å²) >= 11 is 0. The molecule has 32 heavy (non-hydrogen) atoms. The van der Waals surface area contributed by atoms with Crippen molar-refractivity contribution in [3.05, 3.63) is 47.2 Å². The number of anilines is 3. The van der Waals surface area contributed by atoms with Crippen LogP contribution in [-0.2, 0) is 16.8 Å². The van der Waals surface area contributed by atoms with E-state index in [2.05, 4.69) is 66.4 Å². The summed E-state index contributed by atoms with van der Waals surface area (Å²) in [6.45, 7) is 13.4. The molecule has 1 saturated heterocycles. The molecule has 1 aromatic carbocycles. The van der Waals surface area contributed by atoms with Crippen LogP contribution in [0.2, 0.25) is 0 Å². The molecule has 7 nitrogen and oxygen atoms in total. The van der Waals surface area contributed by atoms with Crippen LogP contribution in [0.15, 0.2) is 30.3 Å². The van der Waals surface area contributed by atoms with Gasteiger partial charge in [0.2, 0.25) is 5.91 Å². The van der Waals surface area contributed by atoms with E-state index >= 15 is 0 Å². The normalized spacial score (nSPS) is 17.3. The quantitative estimate of drug-likeness (QED) is 0.560. The first-order valence-electron chi connectivity index (χ1n) is 11.7. The number of hydrogen-bond acceptors (Lipinski definition) is 6. The number of piperidine rings is 1. The first-order valence-corrected chi connectivity index (χ1v) is 11.7. The molecule has 4 rings (SSSR count). The van der Waals surface area contributed by atoms with Crippen molar-refractivity contribution in [2.75, 3.05) is 28.8 Å². The molecule has 3 heterocycles. The van der Waals surface area contributed by atoms with Gasteiger partial charge in [-0.25, -0.2) is 4.98 Å². The smallest absolute Gasteiger partial charge is 0.227 e. The van der Waals surface area contributed by atoms with E-state index in [1.807, 2.05) is 25.1 Å². The SMILES string of the molecule is CC1CCN(c2nc(C(C)(C)C)ccc2CNC(=O)C(C)c2ccc3c(c2)NNN3)CC1. The van der Waals surface area contributed by atoms with E-state index in [0.717, 1.165) is 53.0 Å². The van der Waals surface area contributed by atoms with E-state index < -0.39 is 0 Å². The molecule has 1 fully saturated rings. The molecule has 1 atom stereocenters. The molecule has 7 heteroatoms. The third kappa shape index (κ3) is 4.83. The number of nitrogens with one attached hydrogen (secondary N) is 4. The van der Waals surface area contributed by atoms with E-state index in [9.17, 15) is 4.79 Å². The fourth-order valence-electron chi connectivity index (χ4n) is 4.22. The van der Waals surface area contributed by atoms with Crippen molar-refractivity contribution in [2.24, 2.45) is 5.92 Å². The maximum atomic E-state index is 13.0. The lowest BCUT2D eigenvalue weighted by Gasteiger charge is -2.33. The summed E-state index contributed by atoms with van der Waals surface area (Å²) in [6, 6.07) is 10.2. The Morgan fingerprint density at radius 2 is 1.88 bits per heavy atom. The summed E-state index contributed by atoms with van der Waals surface area (Å²) < 4.78 is 0. The van der Waals surface area contributed by atoms with Gasteiger partial charge in [-0.2, -0.15) is 0 Å². The number of benzene rings is 1. The Morgan fingerprint density at radius 3 is 2.59 bits per heavy atom. The van der Waals surface area contributed by atoms with Crippen molar-refractivity contribution in [1.82, 2.24) is 15.8 Å². The molecule has 0 spiro atoms. The number of aromatic nitrogens is 1. The van der Waals surface area contributed by atoms with Crippen LogP contribution in [0, 0.1) is 5.92 Å². The Bertz CT molecular complexity index is 975. The van der Waals surface area contributed by atoms with Crippen LogP contribution in [0.3, 0.4) is 0 Å². The molecule has 1 amide bonds. The van der Waals surface area contributed by atoms with Gasteiger partial charge in [-0.05, 0) is 49.4 Å². The molecule has 1 unspecified atom stereocenters. The number of rotatable bonds is 5. The predicted octanol–water partition coefficient (Wildman–Crippen LogP) is 4.29. The van der Waals surface area contributed by atoms with Crippen LogP contribution in [0.1, 0.15) is 70.2 Å². The highest BCUT2D eigenvalue weighted by Crippen LogP contribution is 2.30. The Morgan fingerprint density at radius 1 is 1.16 bits per heavy atom. The lowest BCUT2D eigenvalue weighted by atomic mass is 9.91. The summed E-state index contributed by atoms with van der Waals surface area (Å²) in [5.41, 5.74) is 14.0. The van der Waals surface area contributed by atoms with E-state index in [1.54, 1.807) is 0 Å². The molecule has 4 N–H and O–H groups in total. The van der Waals surface area contributed by atoms with Gasteiger partial charge in [0.1, 0.15) is 5.82 Å². The lowest BCUT2D eigenvalue weighted by Crippen LogP contribution is -2.36. The summed E-state index contributed by atoms with van der Waals surface area (Å²) in [5.74, 6) is 1.55. The number of amides is 1. The Kier molecular flexibility index (Phi) is 6.29. The zero-order valence-corrected chi connectivity index (χ0v) is 19.9. The largest absolute Gasteiger partial charge is 0.356 e. The summed E-state index contributed by atoms with van der Waals surface area (Å²) in [4.78, 5) is 20.4. The van der Waals surface area contributed by atoms with Crippen LogP contribution in [-0.4, -0.2) is 24.0 Å². The van der Waals surface area contributed by atoms with Crippen LogP contribution < -0.4 is 26.6 Å². The van der Waals surface area contributed by atoms with Crippen LogP contribution in [0.5, 0.6) is 0 Å². The molecular weight excluding hydrogens is 400 g/mol. The number of hydrazine groups is 2. The minimum Gasteiger partial charge on any atom is -0.356 e. The van der Waals surface area contributed by atoms with Gasteiger partial charge >= 0.3 is 0 Å². The van der Waals surface area contributed by atoms with Crippen molar-refractivity contribution in [1.29, 1.82) is 0 Å². The van der Waals surface area contributed by atoms with Gasteiger partial charge in [0.05, 0.1) is 17.3 Å². The second kappa shape index (κ2) is 8.98. The third-order valence-corrected chi connectivity index (χ3v) is 6.59. The van der Waals surface area contributed by atoms with Crippen molar-refractivity contribution in [2.45, 2.75) is 65.3 Å². The van der Waals surface area contributed by atoms with Crippen molar-refractivity contribution < 1.29 is 4.79 Å². The van der Waals surface area contributed by atoms with E-state index in [4.69, 9.17) is 4.98 Å². The zero-order chi connectivity index (χ0) is 22.9. The molecule has 0 bridgehead atoms. The van der Waals surface area contributed by atoms with E-state index in [0.29, 0.717) is 6.54 Å². The van der Waals surface area contributed by atoms with Gasteiger partial charge in [0.25, 0.3) is 0 Å². The van der Waals surface area contributed by atoms with Gasteiger partial charge in [0.15, 0.2) is 0 Å². The summed E-state index contributed by atoms with van der Waals surface area (Å²) in [5, 5.41) is 3.15. The highest BCUT2D eigenvalue weighted by atomic mass is 16.1. The Hall–Kier alpha value is -2.80. The highest BCUT2D eigenvalue weighted by molar-refractivity contribution is 5.84. The molecule has 0 radical (unpaired) electrons. The van der Waals surface area contributed by atoms with Gasteiger partial charge < -0.3 is 21.1 Å². The van der Waals surface area contributed by atoms with E-state index in [-0.39, 0.29) is 17.2 Å². The molecule has 1 aromatic heterocycles. The third-order valence-electron chi connectivity index (χ3n) is 6.59. The number of hydrogen-bond donors (Lipinski definition) is 4. The number of carbonyl (C=O) groups excluding carboxylic acids is 1. The Balaban J connectivity index is 1.49. The fraction of sp³-hybridized carbons (Fsp3) is 0.520. The lowest BCUT2D eigenvalue weighted by molar-refractivity contribution is -0.122. The molecule has 172 valence electrons. The molecule has 2 aromatic rings. The maximum absolute atomic E-state index is 13.0. The van der Waals surface area contributed by atoms with Crippen molar-refractivity contribution in [3.63, 3.8) is 0 Å². The average molecular weight is 437 g/mol. The second-order valence-corrected chi connectivity index (χ2v) is 10.2. The molecule has 2 aliphatic rings. The average Bonchev–Trinajstić information content (AvgIpc) is 3.24. The van der Waals surface area contributed by atoms with Gasteiger partial charge in [0, 0.05) is 36.3 Å². The predicted molar refractivity (Wildman–Crippen MR) is 131 cm³/mol. The van der Waals surface area contributed by atoms with Gasteiger partial charge in [-0.3, -0.25) is 4.79 Å². The summed E-state index contributed by atoms with van der Waals surface area (Å²) in [6.07, 6.45) is 2.36. The number of nitrogens with zero attached hydrogens (tertiary/aromatic N) is 2. The number of pyridine rings is 1. The van der Waals surface area contributed by atoms with Crippen LogP contribution in [0.25, 0.3) is 0 Å². The first kappa shape index (κ1) is 22.4. The fourth-order valence-corrected chi connectivity index (χ4v) is 4.22. The van der Waals surface area contributed by atoms with Crippen molar-refractivity contribution in [3.8, 4) is 0 Å². The van der Waals surface area contributed by atoms with Crippen LogP contribution in [0.4, 0.5) is 17.2 Å². The van der Waals surface area contributed by atoms with Crippen LogP contribution >= 0.6 is 0 Å². The molecular formula is C25H36N6O. The molecule has 2 aliphatic heterocycles. The van der Waals surface area contributed by atoms with E-state index in [1.165, 1.54) is 12.8 Å². The Labute approximate surface area is 191 Å². The number of fused-ring (bicyclic) bond motifs is 1. The van der Waals surface area contributed by atoms with Gasteiger partial charge in [-0.1, -0.05) is 39.8 Å². The first-order chi connectivity index (χ1) is 15.2. The number of carbonyl (C=O) groups is 1.